The summed E-state index contributed by atoms with van der Waals surface area (Å²) in [5, 5.41) is 23.6. The minimum absolute atomic E-state index is 0.0274. The molecule has 3 aromatic carbocycles. The molecule has 0 bridgehead atoms. The molecule has 2 atom stereocenters. The molecule has 0 unspecified atom stereocenters. The Labute approximate surface area is 280 Å². The van der Waals surface area contributed by atoms with Crippen molar-refractivity contribution in [3.8, 4) is 0 Å². The number of carbonyl (C=O) groups is 3. The Hall–Kier alpha value is -3.83. The SMILES string of the molecule is CC(C)(C)[Si](C)(C)OC[C@H]1C(=O)N(C(C(=O)O)=P(c2ccccc2)(c2ccccc2)c2ccccc2)[C@@H]1SC(=O)CCn1cnnn1. The molecular weight excluding hydrogens is 650 g/mol. The maximum Gasteiger partial charge on any atom is 0.353 e. The first kappa shape index (κ1) is 34.5. The summed E-state index contributed by atoms with van der Waals surface area (Å²) in [6, 6.07) is 28.6. The summed E-state index contributed by atoms with van der Waals surface area (Å²) in [5.74, 6) is -2.28. The monoisotopic (exact) mass is 689 g/mol. The molecule has 1 saturated heterocycles. The van der Waals surface area contributed by atoms with Crippen LogP contribution in [0, 0.1) is 5.92 Å². The van der Waals surface area contributed by atoms with Crippen LogP contribution >= 0.6 is 18.6 Å². The van der Waals surface area contributed by atoms with E-state index in [1.165, 1.54) is 15.9 Å². The van der Waals surface area contributed by atoms with Crippen LogP contribution in [0.1, 0.15) is 27.2 Å². The van der Waals surface area contributed by atoms with Gasteiger partial charge in [0.05, 0.1) is 12.5 Å². The average molecular weight is 690 g/mol. The zero-order valence-electron chi connectivity index (χ0n) is 27.2. The fraction of sp³-hybridized carbons (Fsp3) is 0.324. The first-order valence-corrected chi connectivity index (χ1v) is 21.0. The van der Waals surface area contributed by atoms with E-state index >= 15 is 0 Å². The summed E-state index contributed by atoms with van der Waals surface area (Å²) < 4.78 is 7.98. The predicted octanol–water partition coefficient (Wildman–Crippen LogP) is 4.34. The van der Waals surface area contributed by atoms with Crippen LogP contribution in [0.2, 0.25) is 18.1 Å². The van der Waals surface area contributed by atoms with Crippen molar-refractivity contribution < 1.29 is 23.9 Å². The Kier molecular flexibility index (Phi) is 10.4. The molecule has 1 amide bonds. The van der Waals surface area contributed by atoms with E-state index in [1.807, 2.05) is 91.0 Å². The molecule has 1 fully saturated rings. The number of likely N-dealkylation sites (tertiary alicyclic amines) is 1. The molecule has 13 heteroatoms. The second-order valence-corrected chi connectivity index (χ2v) is 22.2. The van der Waals surface area contributed by atoms with Crippen molar-refractivity contribution in [2.45, 2.75) is 57.2 Å². The number of aromatic nitrogens is 4. The summed E-state index contributed by atoms with van der Waals surface area (Å²) in [6.45, 7) is 7.76. The Morgan fingerprint density at radius 3 is 1.85 bits per heavy atom. The quantitative estimate of drug-likeness (QED) is 0.131. The number of thioether (sulfide) groups is 1. The van der Waals surface area contributed by atoms with Gasteiger partial charge < -0.3 is 9.53 Å². The number of benzene rings is 3. The van der Waals surface area contributed by atoms with Crippen molar-refractivity contribution in [2.24, 2.45) is 5.92 Å². The van der Waals surface area contributed by atoms with Crippen molar-refractivity contribution in [1.29, 1.82) is 0 Å². The van der Waals surface area contributed by atoms with Crippen LogP contribution in [-0.4, -0.2) is 72.9 Å². The highest BCUT2D eigenvalue weighted by Crippen LogP contribution is 2.50. The molecule has 5 rings (SSSR count). The number of aliphatic carboxylic acids is 1. The summed E-state index contributed by atoms with van der Waals surface area (Å²) in [6.07, 6.45) is 1.53. The summed E-state index contributed by atoms with van der Waals surface area (Å²) in [7, 11) is -2.27. The molecule has 1 aliphatic rings. The predicted molar refractivity (Wildman–Crippen MR) is 190 cm³/mol. The van der Waals surface area contributed by atoms with Gasteiger partial charge in [0.1, 0.15) is 17.1 Å². The van der Waals surface area contributed by atoms with E-state index in [1.54, 1.807) is 0 Å². The lowest BCUT2D eigenvalue weighted by atomic mass is 9.99. The number of carboxylic acid groups (broad SMARTS) is 1. The summed E-state index contributed by atoms with van der Waals surface area (Å²) in [4.78, 5) is 43.0. The zero-order chi connectivity index (χ0) is 33.8. The first-order valence-electron chi connectivity index (χ1n) is 15.4. The van der Waals surface area contributed by atoms with Gasteiger partial charge in [-0.3, -0.25) is 14.5 Å². The van der Waals surface area contributed by atoms with Crippen molar-refractivity contribution in [2.75, 3.05) is 6.61 Å². The number of β-lactam (4-membered cyclic amide) rings is 1. The highest BCUT2D eigenvalue weighted by molar-refractivity contribution is 8.14. The third-order valence-electron chi connectivity index (χ3n) is 8.94. The first-order chi connectivity index (χ1) is 22.4. The van der Waals surface area contributed by atoms with Gasteiger partial charge in [-0.1, -0.05) is 124 Å². The molecule has 2 heterocycles. The third kappa shape index (κ3) is 6.92. The second-order valence-electron chi connectivity index (χ2n) is 12.9. The minimum atomic E-state index is -3.18. The van der Waals surface area contributed by atoms with Crippen LogP contribution in [-0.2, 0) is 25.4 Å². The van der Waals surface area contributed by atoms with Gasteiger partial charge in [0, 0.05) is 19.9 Å². The molecule has 1 N–H and O–H groups in total. The standard InChI is InChI=1S/C34H40N5O5PSSi/c1-34(2,3)47(4,5)44-23-28-30(41)39(32(28)46-29(40)21-22-38-24-35-36-37-38)31(33(42)43)45(25-15-9-6-10-16-25,26-17-11-7-12-18-26)27-19-13-8-14-20-27/h6-20,24,28,32H,21-23H2,1-5H3,(H,42,43)/t28-,32+/m0/s1. The van der Waals surface area contributed by atoms with Crippen LogP contribution in [0.3, 0.4) is 0 Å². The van der Waals surface area contributed by atoms with Gasteiger partial charge in [-0.15, -0.1) is 5.10 Å². The van der Waals surface area contributed by atoms with Crippen molar-refractivity contribution in [3.63, 3.8) is 0 Å². The molecule has 4 aromatic rings. The Balaban J connectivity index is 1.70. The topological polar surface area (TPSA) is 128 Å². The highest BCUT2D eigenvalue weighted by Gasteiger charge is 2.55. The van der Waals surface area contributed by atoms with E-state index in [9.17, 15) is 19.5 Å². The fourth-order valence-corrected chi connectivity index (χ4v) is 12.0. The van der Waals surface area contributed by atoms with Gasteiger partial charge in [0.15, 0.2) is 13.4 Å². The minimum Gasteiger partial charge on any atom is -0.477 e. The van der Waals surface area contributed by atoms with Crippen LogP contribution in [0.5, 0.6) is 0 Å². The maximum atomic E-state index is 14.4. The Bertz CT molecular complexity index is 1660. The smallest absolute Gasteiger partial charge is 0.353 e. The van der Waals surface area contributed by atoms with E-state index in [2.05, 4.69) is 49.4 Å². The van der Waals surface area contributed by atoms with E-state index in [-0.39, 0.29) is 41.1 Å². The van der Waals surface area contributed by atoms with Gasteiger partial charge in [-0.05, 0) is 44.5 Å². The van der Waals surface area contributed by atoms with E-state index in [0.717, 1.165) is 27.7 Å². The van der Waals surface area contributed by atoms with Gasteiger partial charge in [-0.25, -0.2) is 9.48 Å². The Morgan fingerprint density at radius 1 is 0.915 bits per heavy atom. The normalized spacial score (nSPS) is 16.9. The molecule has 1 aromatic heterocycles. The molecular formula is C34H40N5O5PSSi. The number of tetrazole rings is 1. The van der Waals surface area contributed by atoms with E-state index < -0.39 is 32.5 Å². The number of aryl methyl sites for hydroxylation is 1. The summed E-state index contributed by atoms with van der Waals surface area (Å²) >= 11 is 0.987. The largest absolute Gasteiger partial charge is 0.477 e. The van der Waals surface area contributed by atoms with Crippen molar-refractivity contribution in [1.82, 2.24) is 25.1 Å². The van der Waals surface area contributed by atoms with E-state index in [4.69, 9.17) is 4.43 Å². The number of carbonyl (C=O) groups excluding carboxylic acids is 2. The van der Waals surface area contributed by atoms with Crippen LogP contribution in [0.15, 0.2) is 97.3 Å². The number of amides is 1. The number of rotatable bonds is 12. The molecule has 10 nitrogen and oxygen atoms in total. The number of hydrogen-bond donors (Lipinski definition) is 1. The van der Waals surface area contributed by atoms with Crippen LogP contribution < -0.4 is 15.9 Å². The van der Waals surface area contributed by atoms with E-state index in [0.29, 0.717) is 0 Å². The fourth-order valence-electron chi connectivity index (χ4n) is 5.41. The summed E-state index contributed by atoms with van der Waals surface area (Å²) in [5.41, 5.74) is -0.0274. The molecule has 47 heavy (non-hydrogen) atoms. The van der Waals surface area contributed by atoms with Gasteiger partial charge >= 0.3 is 5.97 Å². The van der Waals surface area contributed by atoms with Gasteiger partial charge in [0.2, 0.25) is 5.91 Å². The molecule has 0 aliphatic carbocycles. The second kappa shape index (κ2) is 14.1. The average Bonchev–Trinajstić information content (AvgIpc) is 3.58. The zero-order valence-corrected chi connectivity index (χ0v) is 29.9. The van der Waals surface area contributed by atoms with Crippen LogP contribution in [0.25, 0.3) is 0 Å². The lowest BCUT2D eigenvalue weighted by molar-refractivity contribution is -0.147. The molecule has 1 aliphatic heterocycles. The molecule has 0 spiro atoms. The maximum absolute atomic E-state index is 14.4. The number of carboxylic acids is 1. The van der Waals surface area contributed by atoms with Gasteiger partial charge in [-0.2, -0.15) is 0 Å². The van der Waals surface area contributed by atoms with Crippen molar-refractivity contribution >= 4 is 65.3 Å². The van der Waals surface area contributed by atoms with Crippen LogP contribution in [0.4, 0.5) is 0 Å². The lowest BCUT2D eigenvalue weighted by Crippen LogP contribution is -2.66. The molecule has 0 radical (unpaired) electrons. The lowest BCUT2D eigenvalue weighted by Gasteiger charge is -2.49. The van der Waals surface area contributed by atoms with Crippen molar-refractivity contribution in [3.05, 3.63) is 97.3 Å². The molecule has 246 valence electrons. The number of hydrogen-bond acceptors (Lipinski definition) is 8. The third-order valence-corrected chi connectivity index (χ3v) is 18.9. The molecule has 0 saturated carbocycles. The van der Waals surface area contributed by atoms with Gasteiger partial charge in [0.25, 0.3) is 0 Å². The highest BCUT2D eigenvalue weighted by atomic mass is 32.2. The Morgan fingerprint density at radius 2 is 1.43 bits per heavy atom. The number of nitrogens with zero attached hydrogens (tertiary/aromatic N) is 5.